The van der Waals surface area contributed by atoms with Crippen LogP contribution in [0.25, 0.3) is 105 Å². The predicted molar refractivity (Wildman–Crippen MR) is 277 cm³/mol. The fraction of sp³-hybridized carbons (Fsp3) is 0.0164. The Morgan fingerprint density at radius 3 is 1.60 bits per heavy atom. The van der Waals surface area contributed by atoms with E-state index in [0.29, 0.717) is 17.7 Å². The molecule has 314 valence electrons. The molecule has 2 N–H and O–H groups in total. The van der Waals surface area contributed by atoms with Crippen molar-refractivity contribution in [3.8, 4) is 45.4 Å². The van der Waals surface area contributed by atoms with E-state index in [4.69, 9.17) is 10.7 Å². The van der Waals surface area contributed by atoms with Gasteiger partial charge in [-0.05, 0) is 102 Å². The number of hydrogen-bond acceptors (Lipinski definition) is 3. The van der Waals surface area contributed by atoms with Gasteiger partial charge in [0.2, 0.25) is 0 Å². The number of aromatic nitrogens is 4. The number of fused-ring (bicyclic) bond motifs is 9. The van der Waals surface area contributed by atoms with Crippen LogP contribution in [0.3, 0.4) is 0 Å². The van der Waals surface area contributed by atoms with Gasteiger partial charge in [0.25, 0.3) is 0 Å². The van der Waals surface area contributed by atoms with Gasteiger partial charge in [-0.1, -0.05) is 127 Å². The van der Waals surface area contributed by atoms with Gasteiger partial charge in [0, 0.05) is 73.1 Å². The lowest BCUT2D eigenvalue weighted by Crippen LogP contribution is -2.07. The van der Waals surface area contributed by atoms with Crippen LogP contribution in [0.4, 0.5) is 5.69 Å². The van der Waals surface area contributed by atoms with Gasteiger partial charge in [-0.2, -0.15) is 5.26 Å². The number of hydrogen-bond donors (Lipinski definition) is 1. The number of anilines is 1. The fourth-order valence-corrected chi connectivity index (χ4v) is 10.6. The average Bonchev–Trinajstić information content (AvgIpc) is 4.00. The zero-order chi connectivity index (χ0) is 44.6. The summed E-state index contributed by atoms with van der Waals surface area (Å²) in [6.45, 7) is 0. The first-order valence-corrected chi connectivity index (χ1v) is 22.6. The van der Waals surface area contributed by atoms with E-state index in [0.717, 1.165) is 99.8 Å². The van der Waals surface area contributed by atoms with E-state index in [1.807, 2.05) is 30.5 Å². The Balaban J connectivity index is 1.07. The molecular weight excluding hydrogens is 817 g/mol. The zero-order valence-corrected chi connectivity index (χ0v) is 36.3. The summed E-state index contributed by atoms with van der Waals surface area (Å²) in [4.78, 5) is 5.29. The molecule has 6 heteroatoms. The number of nitriles is 1. The number of nitrogens with zero attached hydrogens (tertiary/aromatic N) is 5. The summed E-state index contributed by atoms with van der Waals surface area (Å²) in [6.07, 6.45) is 2.43. The van der Waals surface area contributed by atoms with E-state index < -0.39 is 0 Å². The largest absolute Gasteiger partial charge is 0.398 e. The highest BCUT2D eigenvalue weighted by atomic mass is 15.0. The Morgan fingerprint density at radius 2 is 0.955 bits per heavy atom. The van der Waals surface area contributed by atoms with Gasteiger partial charge in [0.05, 0.1) is 56.1 Å². The third-order valence-electron chi connectivity index (χ3n) is 13.5. The SMILES string of the molecule is N#Cc1cccc(-c2ccnc(Cc3ccccc3-c3cc4c5ccccc5n(-c5ccccc5)c4cc3N)c2-n2c3ccccc3c3cc4c5ccccc5n(-c5ccccc5)c4cc32)c1. The number of benzene rings is 9. The van der Waals surface area contributed by atoms with Crippen LogP contribution in [0.15, 0.2) is 219 Å². The standard InChI is InChI=1S/C61H40N6/c62-38-39-16-15-18-40(32-39)45-30-31-64-54(33-41-17-7-8-23-44(41)49-34-50-46-24-9-12-27-55(46)65(58(50)36-53(49)63)42-19-3-1-4-20-42)61(45)67-57-29-14-11-26-48(57)52-35-51-47-25-10-13-28-56(47)66(59(51)37-60(52)67)43-21-5-2-6-22-43/h1-32,34-37H,33,63H2. The summed E-state index contributed by atoms with van der Waals surface area (Å²) in [7, 11) is 0. The van der Waals surface area contributed by atoms with Crippen LogP contribution in [0.2, 0.25) is 0 Å². The molecule has 0 saturated carbocycles. The lowest BCUT2D eigenvalue weighted by molar-refractivity contribution is 1.02. The number of rotatable bonds is 7. The molecule has 13 aromatic rings. The molecular formula is C61H40N6. The van der Waals surface area contributed by atoms with Crippen molar-refractivity contribution in [1.82, 2.24) is 18.7 Å². The van der Waals surface area contributed by atoms with Crippen LogP contribution in [0.1, 0.15) is 16.8 Å². The monoisotopic (exact) mass is 856 g/mol. The second-order valence-corrected chi connectivity index (χ2v) is 17.3. The Labute approximate surface area is 386 Å². The van der Waals surface area contributed by atoms with E-state index in [1.54, 1.807) is 0 Å². The topological polar surface area (TPSA) is 77.5 Å². The van der Waals surface area contributed by atoms with Crippen molar-refractivity contribution in [2.24, 2.45) is 0 Å². The first-order chi connectivity index (χ1) is 33.1. The minimum atomic E-state index is 0.515. The van der Waals surface area contributed by atoms with Crippen molar-refractivity contribution >= 4 is 71.1 Å². The molecule has 6 nitrogen and oxygen atoms in total. The average molecular weight is 857 g/mol. The van der Waals surface area contributed by atoms with Crippen molar-refractivity contribution in [3.05, 3.63) is 235 Å². The first-order valence-electron chi connectivity index (χ1n) is 22.6. The Morgan fingerprint density at radius 1 is 0.418 bits per heavy atom. The van der Waals surface area contributed by atoms with E-state index in [9.17, 15) is 5.26 Å². The van der Waals surface area contributed by atoms with Gasteiger partial charge in [-0.15, -0.1) is 0 Å². The molecule has 67 heavy (non-hydrogen) atoms. The minimum Gasteiger partial charge on any atom is -0.398 e. The van der Waals surface area contributed by atoms with Gasteiger partial charge in [-0.25, -0.2) is 0 Å². The van der Waals surface area contributed by atoms with E-state index >= 15 is 0 Å². The molecule has 4 aromatic heterocycles. The van der Waals surface area contributed by atoms with Crippen molar-refractivity contribution in [2.45, 2.75) is 6.42 Å². The Hall–Kier alpha value is -9.18. The molecule has 0 saturated heterocycles. The molecule has 0 spiro atoms. The van der Waals surface area contributed by atoms with Crippen LogP contribution >= 0.6 is 0 Å². The summed E-state index contributed by atoms with van der Waals surface area (Å²) >= 11 is 0. The van der Waals surface area contributed by atoms with E-state index in [1.165, 1.54) is 16.2 Å². The van der Waals surface area contributed by atoms with Crippen molar-refractivity contribution in [1.29, 1.82) is 5.26 Å². The highest BCUT2D eigenvalue weighted by Crippen LogP contribution is 2.44. The summed E-state index contributed by atoms with van der Waals surface area (Å²) in [5.41, 5.74) is 24.2. The van der Waals surface area contributed by atoms with Crippen LogP contribution < -0.4 is 5.73 Å². The third-order valence-corrected chi connectivity index (χ3v) is 13.5. The molecule has 0 atom stereocenters. The lowest BCUT2D eigenvalue weighted by atomic mass is 9.92. The van der Waals surface area contributed by atoms with Crippen LogP contribution in [0, 0.1) is 11.3 Å². The number of pyridine rings is 1. The molecule has 0 radical (unpaired) electrons. The van der Waals surface area contributed by atoms with Gasteiger partial charge >= 0.3 is 0 Å². The van der Waals surface area contributed by atoms with Gasteiger partial charge in [0.1, 0.15) is 0 Å². The van der Waals surface area contributed by atoms with Crippen LogP contribution in [-0.4, -0.2) is 18.7 Å². The van der Waals surface area contributed by atoms with Crippen molar-refractivity contribution < 1.29 is 0 Å². The molecule has 0 amide bonds. The van der Waals surface area contributed by atoms with Crippen molar-refractivity contribution in [2.75, 3.05) is 5.73 Å². The molecule has 0 aliphatic heterocycles. The molecule has 9 aromatic carbocycles. The second-order valence-electron chi connectivity index (χ2n) is 17.3. The fourth-order valence-electron chi connectivity index (χ4n) is 10.6. The van der Waals surface area contributed by atoms with Crippen LogP contribution in [0.5, 0.6) is 0 Å². The summed E-state index contributed by atoms with van der Waals surface area (Å²) < 4.78 is 7.09. The summed E-state index contributed by atoms with van der Waals surface area (Å²) in [5.74, 6) is 0. The number of nitrogens with two attached hydrogens (primary N) is 1. The normalized spacial score (nSPS) is 11.7. The first kappa shape index (κ1) is 38.3. The van der Waals surface area contributed by atoms with Gasteiger partial charge in [0.15, 0.2) is 0 Å². The Bertz CT molecular complexity index is 4150. The van der Waals surface area contributed by atoms with Crippen molar-refractivity contribution in [3.63, 3.8) is 0 Å². The molecule has 4 heterocycles. The number of nitrogen functional groups attached to an aromatic ring is 1. The maximum Gasteiger partial charge on any atom is 0.0991 e. The number of para-hydroxylation sites is 5. The molecule has 0 unspecified atom stereocenters. The Kier molecular flexibility index (Phi) is 8.70. The third kappa shape index (κ3) is 5.99. The highest BCUT2D eigenvalue weighted by Gasteiger charge is 2.24. The van der Waals surface area contributed by atoms with E-state index in [2.05, 4.69) is 208 Å². The maximum absolute atomic E-state index is 10.1. The molecule has 0 aliphatic carbocycles. The van der Waals surface area contributed by atoms with Gasteiger partial charge in [-0.3, -0.25) is 4.98 Å². The second kappa shape index (κ2) is 15.2. The summed E-state index contributed by atoms with van der Waals surface area (Å²) in [6, 6.07) is 77.2. The van der Waals surface area contributed by atoms with Gasteiger partial charge < -0.3 is 19.4 Å². The lowest BCUT2D eigenvalue weighted by Gasteiger charge is -2.20. The molecule has 0 fully saturated rings. The maximum atomic E-state index is 10.1. The predicted octanol–water partition coefficient (Wildman–Crippen LogP) is 14.8. The molecule has 0 bridgehead atoms. The van der Waals surface area contributed by atoms with Crippen LogP contribution in [-0.2, 0) is 6.42 Å². The smallest absolute Gasteiger partial charge is 0.0991 e. The molecule has 0 aliphatic rings. The van der Waals surface area contributed by atoms with E-state index in [-0.39, 0.29) is 0 Å². The zero-order valence-electron chi connectivity index (χ0n) is 36.3. The minimum absolute atomic E-state index is 0.515. The molecule has 13 rings (SSSR count). The highest BCUT2D eigenvalue weighted by molar-refractivity contribution is 6.19. The quantitative estimate of drug-likeness (QED) is 0.162. The summed E-state index contributed by atoms with van der Waals surface area (Å²) in [5, 5.41) is 17.2.